The Bertz CT molecular complexity index is 430. The molecule has 2 N–H and O–H groups in total. The van der Waals surface area contributed by atoms with Crippen LogP contribution >= 0.6 is 15.9 Å². The highest BCUT2D eigenvalue weighted by Crippen LogP contribution is 2.19. The van der Waals surface area contributed by atoms with Gasteiger partial charge >= 0.3 is 0 Å². The first-order chi connectivity index (χ1) is 9.10. The molecule has 0 saturated carbocycles. The van der Waals surface area contributed by atoms with Crippen LogP contribution in [0.5, 0.6) is 0 Å². The second-order valence-corrected chi connectivity index (χ2v) is 5.77. The number of benzene rings is 1. The van der Waals surface area contributed by atoms with Crippen molar-refractivity contribution in [2.24, 2.45) is 5.73 Å². The van der Waals surface area contributed by atoms with E-state index in [2.05, 4.69) is 27.8 Å². The molecular formula is C14H20BrFN2O. The summed E-state index contributed by atoms with van der Waals surface area (Å²) in [5, 5.41) is 0. The fraction of sp³-hybridized carbons (Fsp3) is 0.571. The van der Waals surface area contributed by atoms with Gasteiger partial charge in [-0.2, -0.15) is 0 Å². The van der Waals surface area contributed by atoms with Gasteiger partial charge in [-0.25, -0.2) is 4.39 Å². The molecule has 2 unspecified atom stereocenters. The van der Waals surface area contributed by atoms with E-state index in [1.165, 1.54) is 6.07 Å². The molecule has 1 aliphatic rings. The zero-order valence-electron chi connectivity index (χ0n) is 11.1. The minimum absolute atomic E-state index is 0.0533. The van der Waals surface area contributed by atoms with Gasteiger partial charge in [0, 0.05) is 19.1 Å². The smallest absolute Gasteiger partial charge is 0.137 e. The van der Waals surface area contributed by atoms with E-state index in [4.69, 9.17) is 10.5 Å². The Morgan fingerprint density at radius 3 is 3.05 bits per heavy atom. The molecule has 0 spiro atoms. The molecule has 0 aliphatic carbocycles. The molecule has 1 saturated heterocycles. The number of rotatable bonds is 4. The highest BCUT2D eigenvalue weighted by atomic mass is 79.9. The molecule has 0 aromatic heterocycles. The first kappa shape index (κ1) is 14.9. The van der Waals surface area contributed by atoms with Crippen molar-refractivity contribution in [3.05, 3.63) is 34.1 Å². The summed E-state index contributed by atoms with van der Waals surface area (Å²) >= 11 is 3.20. The van der Waals surface area contributed by atoms with Crippen LogP contribution in [-0.4, -0.2) is 43.3 Å². The van der Waals surface area contributed by atoms with Crippen LogP contribution < -0.4 is 5.73 Å². The Morgan fingerprint density at radius 2 is 2.37 bits per heavy atom. The van der Waals surface area contributed by atoms with Gasteiger partial charge in [-0.15, -0.1) is 0 Å². The highest BCUT2D eigenvalue weighted by molar-refractivity contribution is 9.10. The van der Waals surface area contributed by atoms with Crippen LogP contribution in [-0.2, 0) is 11.2 Å². The van der Waals surface area contributed by atoms with Crippen molar-refractivity contribution in [1.82, 2.24) is 4.90 Å². The third-order valence-electron chi connectivity index (χ3n) is 3.56. The molecule has 1 fully saturated rings. The molecule has 0 amide bonds. The fourth-order valence-electron chi connectivity index (χ4n) is 2.35. The largest absolute Gasteiger partial charge is 0.374 e. The van der Waals surface area contributed by atoms with Gasteiger partial charge in [-0.1, -0.05) is 13.0 Å². The number of ether oxygens (including phenoxy) is 1. The monoisotopic (exact) mass is 330 g/mol. The summed E-state index contributed by atoms with van der Waals surface area (Å²) in [6.45, 7) is 5.75. The van der Waals surface area contributed by atoms with Crippen LogP contribution in [0.15, 0.2) is 22.7 Å². The zero-order valence-corrected chi connectivity index (χ0v) is 12.7. The van der Waals surface area contributed by atoms with Gasteiger partial charge in [0.1, 0.15) is 5.82 Å². The second kappa shape index (κ2) is 6.79. The Labute approximate surface area is 122 Å². The molecule has 5 heteroatoms. The molecule has 1 heterocycles. The summed E-state index contributed by atoms with van der Waals surface area (Å²) in [7, 11) is 0. The van der Waals surface area contributed by atoms with Gasteiger partial charge in [0.15, 0.2) is 0 Å². The van der Waals surface area contributed by atoms with E-state index < -0.39 is 0 Å². The maximum Gasteiger partial charge on any atom is 0.137 e. The predicted octanol–water partition coefficient (Wildman–Crippen LogP) is 2.18. The van der Waals surface area contributed by atoms with Crippen molar-refractivity contribution >= 4 is 15.9 Å². The molecule has 1 aromatic rings. The predicted molar refractivity (Wildman–Crippen MR) is 77.6 cm³/mol. The third-order valence-corrected chi connectivity index (χ3v) is 4.17. The number of nitrogens with two attached hydrogens (primary N) is 1. The van der Waals surface area contributed by atoms with Crippen LogP contribution in [0.3, 0.4) is 0 Å². The maximum atomic E-state index is 13.2. The van der Waals surface area contributed by atoms with Gasteiger partial charge in [0.2, 0.25) is 0 Å². The molecular weight excluding hydrogens is 311 g/mol. The first-order valence-electron chi connectivity index (χ1n) is 6.63. The molecule has 1 aromatic carbocycles. The first-order valence-corrected chi connectivity index (χ1v) is 7.43. The average Bonchev–Trinajstić information content (AvgIpc) is 2.43. The van der Waals surface area contributed by atoms with E-state index in [1.54, 1.807) is 12.1 Å². The van der Waals surface area contributed by atoms with Gasteiger partial charge in [0.05, 0.1) is 17.2 Å². The van der Waals surface area contributed by atoms with E-state index in [0.717, 1.165) is 31.8 Å². The van der Waals surface area contributed by atoms with Crippen LogP contribution in [0.1, 0.15) is 12.5 Å². The van der Waals surface area contributed by atoms with Crippen molar-refractivity contribution < 1.29 is 9.13 Å². The molecule has 2 atom stereocenters. The lowest BCUT2D eigenvalue weighted by Gasteiger charge is -2.35. The van der Waals surface area contributed by atoms with Gasteiger partial charge in [0.25, 0.3) is 0 Å². The summed E-state index contributed by atoms with van der Waals surface area (Å²) in [6.07, 6.45) is 0.749. The van der Waals surface area contributed by atoms with Gasteiger partial charge in [-0.3, -0.25) is 4.90 Å². The number of hydrogen-bond donors (Lipinski definition) is 1. The maximum absolute atomic E-state index is 13.2. The van der Waals surface area contributed by atoms with Gasteiger partial charge in [-0.05, 0) is 46.6 Å². The number of likely N-dealkylation sites (N-methyl/N-ethyl adjacent to an activating group) is 1. The van der Waals surface area contributed by atoms with Crippen molar-refractivity contribution in [3.8, 4) is 0 Å². The minimum Gasteiger partial charge on any atom is -0.374 e. The summed E-state index contributed by atoms with van der Waals surface area (Å²) in [5.74, 6) is -0.247. The van der Waals surface area contributed by atoms with E-state index in [1.807, 2.05) is 0 Å². The Morgan fingerprint density at radius 1 is 1.58 bits per heavy atom. The molecule has 106 valence electrons. The zero-order chi connectivity index (χ0) is 13.8. The topological polar surface area (TPSA) is 38.5 Å². The number of hydrogen-bond acceptors (Lipinski definition) is 3. The van der Waals surface area contributed by atoms with Gasteiger partial charge < -0.3 is 10.5 Å². The normalized spacial score (nSPS) is 22.4. The molecule has 0 bridgehead atoms. The lowest BCUT2D eigenvalue weighted by Crippen LogP contribution is -2.51. The third kappa shape index (κ3) is 3.99. The van der Waals surface area contributed by atoms with Crippen molar-refractivity contribution in [1.29, 1.82) is 0 Å². The van der Waals surface area contributed by atoms with Crippen LogP contribution in [0.25, 0.3) is 0 Å². The quantitative estimate of drug-likeness (QED) is 0.919. The second-order valence-electron chi connectivity index (χ2n) is 4.92. The molecule has 0 radical (unpaired) electrons. The average molecular weight is 331 g/mol. The van der Waals surface area contributed by atoms with Crippen LogP contribution in [0.2, 0.25) is 0 Å². The van der Waals surface area contributed by atoms with E-state index in [0.29, 0.717) is 10.9 Å². The van der Waals surface area contributed by atoms with Crippen molar-refractivity contribution in [2.45, 2.75) is 25.5 Å². The lowest BCUT2D eigenvalue weighted by molar-refractivity contribution is -0.0385. The SMILES string of the molecule is CCN1CCOC(C(N)Cc2ccc(F)c(Br)c2)C1. The summed E-state index contributed by atoms with van der Waals surface area (Å²) < 4.78 is 19.4. The Kier molecular flexibility index (Phi) is 5.33. The van der Waals surface area contributed by atoms with Crippen LogP contribution in [0, 0.1) is 5.82 Å². The summed E-state index contributed by atoms with van der Waals surface area (Å²) in [4.78, 5) is 2.34. The van der Waals surface area contributed by atoms with E-state index in [-0.39, 0.29) is 18.0 Å². The van der Waals surface area contributed by atoms with E-state index in [9.17, 15) is 4.39 Å². The molecule has 3 nitrogen and oxygen atoms in total. The van der Waals surface area contributed by atoms with Crippen LogP contribution in [0.4, 0.5) is 4.39 Å². The fourth-order valence-corrected chi connectivity index (χ4v) is 2.77. The number of halogens is 2. The number of morpholine rings is 1. The molecule has 19 heavy (non-hydrogen) atoms. The standard InChI is InChI=1S/C14H20BrFN2O/c1-2-18-5-6-19-14(9-18)13(17)8-10-3-4-12(16)11(15)7-10/h3-4,7,13-14H,2,5-6,8-9,17H2,1H3. The lowest BCUT2D eigenvalue weighted by atomic mass is 10.0. The Hall–Kier alpha value is -0.490. The number of nitrogens with zero attached hydrogens (tertiary/aromatic N) is 1. The van der Waals surface area contributed by atoms with E-state index >= 15 is 0 Å². The summed E-state index contributed by atoms with van der Waals surface area (Å²) in [5.41, 5.74) is 7.25. The molecule has 2 rings (SSSR count). The highest BCUT2D eigenvalue weighted by Gasteiger charge is 2.25. The Balaban J connectivity index is 1.96. The van der Waals surface area contributed by atoms with Crippen molar-refractivity contribution in [2.75, 3.05) is 26.2 Å². The summed E-state index contributed by atoms with van der Waals surface area (Å²) in [6, 6.07) is 4.97. The minimum atomic E-state index is -0.247. The molecule has 1 aliphatic heterocycles. The van der Waals surface area contributed by atoms with Crippen molar-refractivity contribution in [3.63, 3.8) is 0 Å².